The number of aromatic nitrogens is 1. The molecule has 9 nitrogen and oxygen atoms in total. The zero-order valence-corrected chi connectivity index (χ0v) is 17.8. The van der Waals surface area contributed by atoms with Gasteiger partial charge in [-0.2, -0.15) is 0 Å². The third kappa shape index (κ3) is 3.54. The van der Waals surface area contributed by atoms with E-state index in [1.165, 1.54) is 13.3 Å². The van der Waals surface area contributed by atoms with Gasteiger partial charge >= 0.3 is 6.16 Å². The van der Waals surface area contributed by atoms with Crippen LogP contribution in [-0.2, 0) is 0 Å². The van der Waals surface area contributed by atoms with Crippen LogP contribution in [-0.4, -0.2) is 49.1 Å². The predicted octanol–water partition coefficient (Wildman–Crippen LogP) is 2.56. The molecule has 4 N–H and O–H groups in total. The van der Waals surface area contributed by atoms with Crippen molar-refractivity contribution in [1.82, 2.24) is 9.88 Å². The lowest BCUT2D eigenvalue weighted by atomic mass is 10.0. The van der Waals surface area contributed by atoms with E-state index in [9.17, 15) is 9.59 Å². The Morgan fingerprint density at radius 3 is 2.68 bits per heavy atom. The molecule has 1 saturated carbocycles. The predicted molar refractivity (Wildman–Crippen MR) is 115 cm³/mol. The number of ether oxygens (including phenoxy) is 2. The number of nitrogens with two attached hydrogens (primary N) is 1. The highest BCUT2D eigenvalue weighted by molar-refractivity contribution is 6.01. The summed E-state index contributed by atoms with van der Waals surface area (Å²) in [6, 6.07) is 0.290. The van der Waals surface area contributed by atoms with Gasteiger partial charge in [0, 0.05) is 25.2 Å². The fourth-order valence-electron chi connectivity index (χ4n) is 4.46. The lowest BCUT2D eigenvalue weighted by Crippen LogP contribution is -2.33. The first-order valence-corrected chi connectivity index (χ1v) is 10.3. The number of carboxylic acid groups (broad SMARTS) is 1. The van der Waals surface area contributed by atoms with Gasteiger partial charge in [-0.1, -0.05) is 0 Å². The number of hydrogen-bond acceptors (Lipinski definition) is 7. The molecule has 1 aliphatic heterocycles. The number of methoxy groups -OCH3 is 1. The van der Waals surface area contributed by atoms with Crippen LogP contribution in [0.1, 0.15) is 32.2 Å². The molecule has 4 rings (SSSR count). The van der Waals surface area contributed by atoms with Gasteiger partial charge < -0.3 is 35.1 Å². The van der Waals surface area contributed by atoms with Crippen LogP contribution in [0.4, 0.5) is 20.6 Å². The van der Waals surface area contributed by atoms with Crippen molar-refractivity contribution in [3.8, 4) is 11.5 Å². The molecule has 10 heteroatoms. The molecule has 0 amide bonds. The fourth-order valence-corrected chi connectivity index (χ4v) is 4.46. The summed E-state index contributed by atoms with van der Waals surface area (Å²) in [5, 5.41) is 12.1. The minimum atomic E-state index is -1.62. The molecule has 168 valence electrons. The van der Waals surface area contributed by atoms with Crippen LogP contribution in [0.2, 0.25) is 0 Å². The summed E-state index contributed by atoms with van der Waals surface area (Å²) in [6.07, 6.45) is 2.29. The van der Waals surface area contributed by atoms with Crippen LogP contribution in [0.3, 0.4) is 0 Å². The van der Waals surface area contributed by atoms with Gasteiger partial charge in [0.1, 0.15) is 5.69 Å². The van der Waals surface area contributed by atoms with Gasteiger partial charge in [-0.05, 0) is 39.2 Å². The number of pyridine rings is 1. The van der Waals surface area contributed by atoms with E-state index in [1.54, 1.807) is 4.57 Å². The quantitative estimate of drug-likeness (QED) is 0.469. The Morgan fingerprint density at radius 2 is 2.10 bits per heavy atom. The summed E-state index contributed by atoms with van der Waals surface area (Å²) < 4.78 is 27.7. The van der Waals surface area contributed by atoms with E-state index in [1.807, 2.05) is 11.9 Å². The molecule has 0 radical (unpaired) electrons. The highest BCUT2D eigenvalue weighted by Gasteiger charge is 2.35. The molecule has 1 aliphatic carbocycles. The number of hydrogen-bond donors (Lipinski definition) is 3. The number of nitrogen functional groups attached to an aromatic ring is 1. The number of anilines is 2. The first-order valence-electron chi connectivity index (χ1n) is 10.3. The number of fused-ring (bicyclic) bond motifs is 1. The Labute approximate surface area is 178 Å². The second-order valence-electron chi connectivity index (χ2n) is 8.23. The summed E-state index contributed by atoms with van der Waals surface area (Å²) >= 11 is 0. The zero-order valence-electron chi connectivity index (χ0n) is 17.8. The lowest BCUT2D eigenvalue weighted by molar-refractivity contribution is 0.143. The van der Waals surface area contributed by atoms with Crippen LogP contribution in [0.15, 0.2) is 11.0 Å². The second kappa shape index (κ2) is 7.92. The number of rotatable bonds is 6. The highest BCUT2D eigenvalue weighted by atomic mass is 19.1. The van der Waals surface area contributed by atoms with Gasteiger partial charge in [-0.25, -0.2) is 9.18 Å². The summed E-state index contributed by atoms with van der Waals surface area (Å²) in [4.78, 5) is 26.0. The molecule has 1 aromatic carbocycles. The molecular formula is C21H27FN4O5. The molecule has 1 saturated heterocycles. The van der Waals surface area contributed by atoms with Crippen molar-refractivity contribution in [2.24, 2.45) is 5.92 Å². The molecular weight excluding hydrogens is 407 g/mol. The highest BCUT2D eigenvalue weighted by Crippen LogP contribution is 2.47. The maximum Gasteiger partial charge on any atom is 0.511 e. The number of carbonyl (C=O) groups is 1. The van der Waals surface area contributed by atoms with Crippen molar-refractivity contribution in [1.29, 1.82) is 0 Å². The minimum absolute atomic E-state index is 0.0292. The van der Waals surface area contributed by atoms with Crippen LogP contribution in [0.25, 0.3) is 10.9 Å². The molecule has 2 aliphatic rings. The van der Waals surface area contributed by atoms with E-state index in [0.717, 1.165) is 19.3 Å². The zero-order chi connectivity index (χ0) is 22.4. The standard InChI is InChI=1S/C21H27FN4O5/c1-10(24-2)11-6-7-25(8-11)18-15(22)16(23)14-17(20(18)30-3)26(12-4-5-12)9-13(19(14)27)31-21(28)29/h9-12,24H,4-8,23H2,1-3H3,(H,28,29)/t10-,11+/m1/s1. The Kier molecular flexibility index (Phi) is 5.42. The normalized spacial score (nSPS) is 19.6. The van der Waals surface area contributed by atoms with E-state index >= 15 is 4.39 Å². The van der Waals surface area contributed by atoms with Crippen molar-refractivity contribution in [2.75, 3.05) is 37.9 Å². The molecule has 2 heterocycles. The van der Waals surface area contributed by atoms with Gasteiger partial charge in [-0.3, -0.25) is 4.79 Å². The van der Waals surface area contributed by atoms with E-state index in [2.05, 4.69) is 17.0 Å². The lowest BCUT2D eigenvalue weighted by Gasteiger charge is -2.26. The largest absolute Gasteiger partial charge is 0.511 e. The molecule has 2 fully saturated rings. The third-order valence-electron chi connectivity index (χ3n) is 6.39. The maximum absolute atomic E-state index is 15.6. The van der Waals surface area contributed by atoms with E-state index in [0.29, 0.717) is 24.5 Å². The van der Waals surface area contributed by atoms with Gasteiger partial charge in [0.2, 0.25) is 5.43 Å². The van der Waals surface area contributed by atoms with E-state index in [4.69, 9.17) is 15.6 Å². The topological polar surface area (TPSA) is 119 Å². The monoisotopic (exact) mass is 434 g/mol. The molecule has 0 bridgehead atoms. The molecule has 0 spiro atoms. The number of nitrogens with zero attached hydrogens (tertiary/aromatic N) is 2. The number of halogens is 1. The minimum Gasteiger partial charge on any atom is -0.492 e. The fraction of sp³-hybridized carbons (Fsp3) is 0.524. The van der Waals surface area contributed by atoms with Gasteiger partial charge in [0.15, 0.2) is 17.3 Å². The Bertz CT molecular complexity index is 1100. The molecule has 2 aromatic rings. The Morgan fingerprint density at radius 1 is 1.39 bits per heavy atom. The maximum atomic E-state index is 15.6. The molecule has 31 heavy (non-hydrogen) atoms. The Hall–Kier alpha value is -3.01. The Balaban J connectivity index is 1.96. The average molecular weight is 434 g/mol. The van der Waals surface area contributed by atoms with Crippen molar-refractivity contribution in [3.05, 3.63) is 22.2 Å². The van der Waals surface area contributed by atoms with Crippen LogP contribution in [0.5, 0.6) is 11.5 Å². The molecule has 0 unspecified atom stereocenters. The summed E-state index contributed by atoms with van der Waals surface area (Å²) in [6.45, 7) is 3.34. The van der Waals surface area contributed by atoms with E-state index < -0.39 is 23.2 Å². The van der Waals surface area contributed by atoms with Crippen LogP contribution in [0, 0.1) is 11.7 Å². The first kappa shape index (κ1) is 21.2. The summed E-state index contributed by atoms with van der Waals surface area (Å²) in [5.74, 6) is -0.598. The number of nitrogens with one attached hydrogen (secondary N) is 1. The SMILES string of the molecule is CN[C@H](C)[C@H]1CCN(c2c(F)c(N)c3c(=O)c(OC(=O)O)cn(C4CC4)c3c2OC)C1. The molecule has 2 atom stereocenters. The van der Waals surface area contributed by atoms with E-state index in [-0.39, 0.29) is 34.6 Å². The van der Waals surface area contributed by atoms with Crippen molar-refractivity contribution < 1.29 is 23.8 Å². The first-order chi connectivity index (χ1) is 14.8. The van der Waals surface area contributed by atoms with Crippen LogP contribution >= 0.6 is 0 Å². The average Bonchev–Trinajstić information content (AvgIpc) is 3.47. The van der Waals surface area contributed by atoms with Gasteiger partial charge in [-0.15, -0.1) is 0 Å². The molecule has 1 aromatic heterocycles. The van der Waals surface area contributed by atoms with Gasteiger partial charge in [0.05, 0.1) is 29.9 Å². The van der Waals surface area contributed by atoms with Crippen molar-refractivity contribution in [2.45, 2.75) is 38.3 Å². The summed E-state index contributed by atoms with van der Waals surface area (Å²) in [5.41, 5.74) is 5.63. The van der Waals surface area contributed by atoms with Crippen LogP contribution < -0.4 is 30.9 Å². The number of benzene rings is 1. The van der Waals surface area contributed by atoms with Gasteiger partial charge in [0.25, 0.3) is 0 Å². The third-order valence-corrected chi connectivity index (χ3v) is 6.39. The smallest absolute Gasteiger partial charge is 0.492 e. The second-order valence-corrected chi connectivity index (χ2v) is 8.23. The van der Waals surface area contributed by atoms with Crippen molar-refractivity contribution in [3.63, 3.8) is 0 Å². The van der Waals surface area contributed by atoms with Crippen molar-refractivity contribution >= 4 is 28.4 Å². The summed E-state index contributed by atoms with van der Waals surface area (Å²) in [7, 11) is 3.33.